The van der Waals surface area contributed by atoms with Crippen molar-refractivity contribution in [2.45, 2.75) is 52.5 Å². The lowest BCUT2D eigenvalue weighted by atomic mass is 9.91. The molecule has 13 heavy (non-hydrogen) atoms. The van der Waals surface area contributed by atoms with E-state index in [2.05, 4.69) is 39.2 Å². The summed E-state index contributed by atoms with van der Waals surface area (Å²) >= 11 is 0. The minimum absolute atomic E-state index is 0.307. The van der Waals surface area contributed by atoms with Gasteiger partial charge in [-0.15, -0.1) is 0 Å². The third kappa shape index (κ3) is 2.49. The molecule has 0 unspecified atom stereocenters. The first-order chi connectivity index (χ1) is 5.93. The molecule has 1 aliphatic rings. The highest BCUT2D eigenvalue weighted by atomic mass is 15.2. The van der Waals surface area contributed by atoms with Crippen molar-refractivity contribution in [2.24, 2.45) is 5.92 Å². The van der Waals surface area contributed by atoms with E-state index in [-0.39, 0.29) is 0 Å². The first kappa shape index (κ1) is 10.6. The van der Waals surface area contributed by atoms with Crippen molar-refractivity contribution < 1.29 is 0 Å². The van der Waals surface area contributed by atoms with Crippen LogP contribution in [0.2, 0.25) is 0 Å². The molecule has 1 saturated heterocycles. The fourth-order valence-electron chi connectivity index (χ4n) is 2.57. The topological polar surface area (TPSA) is 3.24 Å². The number of rotatable bonds is 3. The Balaban J connectivity index is 2.62. The van der Waals surface area contributed by atoms with E-state index in [1.807, 2.05) is 0 Å². The summed E-state index contributed by atoms with van der Waals surface area (Å²) in [6, 6.07) is 0. The third-order valence-electron chi connectivity index (χ3n) is 2.87. The molecule has 0 N–H and O–H groups in total. The van der Waals surface area contributed by atoms with E-state index < -0.39 is 0 Å². The van der Waals surface area contributed by atoms with Crippen LogP contribution in [0.1, 0.15) is 47.0 Å². The van der Waals surface area contributed by atoms with E-state index in [1.165, 1.54) is 31.5 Å². The number of hydrogen-bond acceptors (Lipinski definition) is 1. The van der Waals surface area contributed by atoms with Crippen molar-refractivity contribution in [1.82, 2.24) is 4.90 Å². The molecule has 0 saturated carbocycles. The Morgan fingerprint density at radius 3 is 2.46 bits per heavy atom. The molecular weight excluding hydrogens is 158 g/mol. The highest BCUT2D eigenvalue weighted by Gasteiger charge is 2.30. The second-order valence-electron chi connectivity index (χ2n) is 5.23. The standard InChI is InChI=1S/C12H23N/c1-10(2)9-12(4,5)13-8-6-7-11(13)3/h10H,3,6-9H2,1-2,4-5H3. The van der Waals surface area contributed by atoms with E-state index in [4.69, 9.17) is 0 Å². The Labute approximate surface area is 82.8 Å². The fraction of sp³-hybridized carbons (Fsp3) is 0.833. The molecule has 1 aliphatic heterocycles. The normalized spacial score (nSPS) is 18.8. The largest absolute Gasteiger partial charge is 0.370 e. The Kier molecular flexibility index (Phi) is 3.05. The summed E-state index contributed by atoms with van der Waals surface area (Å²) in [5.41, 5.74) is 1.65. The highest BCUT2D eigenvalue weighted by molar-refractivity contribution is 5.05. The zero-order valence-electron chi connectivity index (χ0n) is 9.56. The Bertz CT molecular complexity index is 191. The Hall–Kier alpha value is -0.460. The molecule has 1 nitrogen and oxygen atoms in total. The van der Waals surface area contributed by atoms with Crippen LogP contribution in [-0.4, -0.2) is 17.0 Å². The van der Waals surface area contributed by atoms with Crippen molar-refractivity contribution in [1.29, 1.82) is 0 Å². The SMILES string of the molecule is C=C1CCCN1C(C)(C)CC(C)C. The molecule has 0 aromatic carbocycles. The summed E-state index contributed by atoms with van der Waals surface area (Å²) in [6.07, 6.45) is 3.74. The molecule has 0 aromatic heterocycles. The van der Waals surface area contributed by atoms with Crippen molar-refractivity contribution in [3.63, 3.8) is 0 Å². The lowest BCUT2D eigenvalue weighted by molar-refractivity contribution is 0.159. The molecule has 0 radical (unpaired) electrons. The first-order valence-corrected chi connectivity index (χ1v) is 5.39. The van der Waals surface area contributed by atoms with Gasteiger partial charge in [-0.1, -0.05) is 20.4 Å². The molecular formula is C12H23N. The average Bonchev–Trinajstić information content (AvgIpc) is 2.32. The smallest absolute Gasteiger partial charge is 0.0345 e. The monoisotopic (exact) mass is 181 g/mol. The maximum atomic E-state index is 4.14. The van der Waals surface area contributed by atoms with Gasteiger partial charge in [-0.3, -0.25) is 0 Å². The van der Waals surface area contributed by atoms with Gasteiger partial charge in [0, 0.05) is 17.8 Å². The van der Waals surface area contributed by atoms with Gasteiger partial charge < -0.3 is 4.90 Å². The Morgan fingerprint density at radius 1 is 1.46 bits per heavy atom. The summed E-state index contributed by atoms with van der Waals surface area (Å²) in [7, 11) is 0. The predicted molar refractivity (Wildman–Crippen MR) is 58.6 cm³/mol. The summed E-state index contributed by atoms with van der Waals surface area (Å²) in [4.78, 5) is 2.49. The van der Waals surface area contributed by atoms with Crippen LogP contribution in [0.3, 0.4) is 0 Å². The van der Waals surface area contributed by atoms with Gasteiger partial charge in [-0.2, -0.15) is 0 Å². The van der Waals surface area contributed by atoms with Crippen molar-refractivity contribution in [3.05, 3.63) is 12.3 Å². The van der Waals surface area contributed by atoms with E-state index >= 15 is 0 Å². The van der Waals surface area contributed by atoms with Crippen LogP contribution in [0.4, 0.5) is 0 Å². The minimum atomic E-state index is 0.307. The molecule has 1 heterocycles. The van der Waals surface area contributed by atoms with Crippen LogP contribution >= 0.6 is 0 Å². The zero-order valence-corrected chi connectivity index (χ0v) is 9.56. The van der Waals surface area contributed by atoms with Crippen LogP contribution < -0.4 is 0 Å². The van der Waals surface area contributed by atoms with E-state index in [0.29, 0.717) is 5.54 Å². The van der Waals surface area contributed by atoms with Crippen molar-refractivity contribution >= 4 is 0 Å². The van der Waals surface area contributed by atoms with Crippen molar-refractivity contribution in [2.75, 3.05) is 6.54 Å². The fourth-order valence-corrected chi connectivity index (χ4v) is 2.57. The minimum Gasteiger partial charge on any atom is -0.370 e. The van der Waals surface area contributed by atoms with Gasteiger partial charge in [0.15, 0.2) is 0 Å². The predicted octanol–water partition coefficient (Wildman–Crippen LogP) is 3.42. The first-order valence-electron chi connectivity index (χ1n) is 5.39. The Morgan fingerprint density at radius 2 is 2.08 bits per heavy atom. The van der Waals surface area contributed by atoms with E-state index in [9.17, 15) is 0 Å². The lowest BCUT2D eigenvalue weighted by Gasteiger charge is -2.39. The van der Waals surface area contributed by atoms with Crippen LogP contribution in [0, 0.1) is 5.92 Å². The summed E-state index contributed by atoms with van der Waals surface area (Å²) < 4.78 is 0. The third-order valence-corrected chi connectivity index (χ3v) is 2.87. The highest BCUT2D eigenvalue weighted by Crippen LogP contribution is 2.32. The van der Waals surface area contributed by atoms with E-state index in [0.717, 1.165) is 5.92 Å². The molecule has 1 fully saturated rings. The van der Waals surface area contributed by atoms with E-state index in [1.54, 1.807) is 0 Å². The summed E-state index contributed by atoms with van der Waals surface area (Å²) in [5, 5.41) is 0. The van der Waals surface area contributed by atoms with Crippen LogP contribution in [0.25, 0.3) is 0 Å². The summed E-state index contributed by atoms with van der Waals surface area (Å²) in [6.45, 7) is 14.6. The number of likely N-dealkylation sites (tertiary alicyclic amines) is 1. The molecule has 0 aliphatic carbocycles. The second kappa shape index (κ2) is 3.73. The number of nitrogens with zero attached hydrogens (tertiary/aromatic N) is 1. The molecule has 1 rings (SSSR count). The molecule has 0 aromatic rings. The van der Waals surface area contributed by atoms with Crippen LogP contribution in [0.15, 0.2) is 12.3 Å². The maximum absolute atomic E-state index is 4.14. The molecule has 76 valence electrons. The van der Waals surface area contributed by atoms with Crippen molar-refractivity contribution in [3.8, 4) is 0 Å². The van der Waals surface area contributed by atoms with Crippen LogP contribution in [0.5, 0.6) is 0 Å². The van der Waals surface area contributed by atoms with Gasteiger partial charge >= 0.3 is 0 Å². The second-order valence-corrected chi connectivity index (χ2v) is 5.23. The van der Waals surface area contributed by atoms with Crippen LogP contribution in [-0.2, 0) is 0 Å². The maximum Gasteiger partial charge on any atom is 0.0345 e. The number of hydrogen-bond donors (Lipinski definition) is 0. The van der Waals surface area contributed by atoms with Gasteiger partial charge in [-0.25, -0.2) is 0 Å². The average molecular weight is 181 g/mol. The molecule has 0 bridgehead atoms. The van der Waals surface area contributed by atoms with Gasteiger partial charge in [-0.05, 0) is 39.0 Å². The molecule has 0 amide bonds. The lowest BCUT2D eigenvalue weighted by Crippen LogP contribution is -2.41. The molecule has 0 atom stereocenters. The van der Waals surface area contributed by atoms with Gasteiger partial charge in [0.05, 0.1) is 0 Å². The number of allylic oxidation sites excluding steroid dienone is 1. The quantitative estimate of drug-likeness (QED) is 0.645. The molecule has 1 heteroatoms. The molecule has 0 spiro atoms. The zero-order chi connectivity index (χ0) is 10.1. The van der Waals surface area contributed by atoms with Gasteiger partial charge in [0.2, 0.25) is 0 Å². The van der Waals surface area contributed by atoms with Gasteiger partial charge in [0.1, 0.15) is 0 Å². The van der Waals surface area contributed by atoms with Gasteiger partial charge in [0.25, 0.3) is 0 Å². The summed E-state index contributed by atoms with van der Waals surface area (Å²) in [5.74, 6) is 0.767.